The van der Waals surface area contributed by atoms with E-state index in [0.29, 0.717) is 10.7 Å². The second-order valence-electron chi connectivity index (χ2n) is 17.8. The largest absolute Gasteiger partial charge is 0.545 e. The summed E-state index contributed by atoms with van der Waals surface area (Å²) in [5.41, 5.74) is -0.702. The molecule has 0 radical (unpaired) electrons. The van der Waals surface area contributed by atoms with Crippen LogP contribution in [0.3, 0.4) is 0 Å². The number of non-ortho nitro benzene ring substituents is 1. The first-order valence-corrected chi connectivity index (χ1v) is 34.7. The lowest BCUT2D eigenvalue weighted by atomic mass is 10.2. The van der Waals surface area contributed by atoms with Crippen molar-refractivity contribution >= 4 is 128 Å². The molecule has 11 rings (SSSR count). The number of nitro groups is 1. The van der Waals surface area contributed by atoms with Crippen LogP contribution >= 0.6 is 67.8 Å². The molecule has 0 saturated carbocycles. The molecule has 0 aliphatic heterocycles. The fourth-order valence-electron chi connectivity index (χ4n) is 7.98. The highest BCUT2D eigenvalue weighted by Crippen LogP contribution is 2.34. The van der Waals surface area contributed by atoms with Gasteiger partial charge in [0, 0.05) is 30.4 Å². The number of rotatable bonds is 14. The van der Waals surface area contributed by atoms with Crippen molar-refractivity contribution in [1.82, 2.24) is 0 Å². The second-order valence-corrected chi connectivity index (χ2v) is 29.1. The molecule has 0 aromatic heterocycles. The van der Waals surface area contributed by atoms with Gasteiger partial charge in [0.1, 0.15) is 0 Å². The zero-order chi connectivity index (χ0) is 61.3. The summed E-state index contributed by atoms with van der Waals surface area (Å²) in [6.07, 6.45) is 0.847. The molecule has 86 heavy (non-hydrogen) atoms. The minimum atomic E-state index is -3.77. The van der Waals surface area contributed by atoms with Crippen LogP contribution < -0.4 is 14.4 Å². The van der Waals surface area contributed by atoms with Crippen molar-refractivity contribution < 1.29 is 37.3 Å². The Morgan fingerprint density at radius 3 is 0.837 bits per heavy atom. The van der Waals surface area contributed by atoms with Crippen molar-refractivity contribution in [3.05, 3.63) is 335 Å². The van der Waals surface area contributed by atoms with Gasteiger partial charge in [0.05, 0.1) is 59.4 Å². The Morgan fingerprint density at radius 2 is 0.628 bits per heavy atom. The van der Waals surface area contributed by atoms with E-state index in [1.165, 1.54) is 62.3 Å². The maximum absolute atomic E-state index is 11.0. The number of hydrogen-bond acceptors (Lipinski definition) is 9. The molecule has 10 nitrogen and oxygen atoms in total. The summed E-state index contributed by atoms with van der Waals surface area (Å²) in [5.74, 6) is -3.10. The van der Waals surface area contributed by atoms with Crippen molar-refractivity contribution in [2.75, 3.05) is 6.26 Å². The molecule has 0 spiro atoms. The number of carbonyl (C=O) groups is 2. The zero-order valence-corrected chi connectivity index (χ0v) is 55.5. The zero-order valence-electron chi connectivity index (χ0n) is 45.8. The molecule has 0 heterocycles. The van der Waals surface area contributed by atoms with E-state index < -0.39 is 27.0 Å². The Bertz CT molecular complexity index is 3410. The molecule has 11 aromatic carbocycles. The van der Waals surface area contributed by atoms with Crippen molar-refractivity contribution in [2.24, 2.45) is 0 Å². The minimum absolute atomic E-state index is 0.0146. The molecule has 0 aliphatic carbocycles. The van der Waals surface area contributed by atoms with Gasteiger partial charge >= 0.3 is 10.1 Å². The van der Waals surface area contributed by atoms with Gasteiger partial charge in [0.25, 0.3) is 5.69 Å². The Kier molecular flexibility index (Phi) is 26.3. The van der Waals surface area contributed by atoms with Gasteiger partial charge in [-0.3, -0.25) is 10.1 Å². The molecule has 17 heteroatoms. The Morgan fingerprint density at radius 1 is 0.384 bits per heavy atom. The molecule has 432 valence electrons. The Labute approximate surface area is 551 Å². The van der Waals surface area contributed by atoms with E-state index in [2.05, 4.69) is 277 Å². The van der Waals surface area contributed by atoms with Crippen LogP contribution in [0.1, 0.15) is 20.7 Å². The van der Waals surface area contributed by atoms with Crippen LogP contribution in [0, 0.1) is 20.8 Å². The van der Waals surface area contributed by atoms with Gasteiger partial charge < -0.3 is 24.0 Å². The third-order valence-corrected chi connectivity index (χ3v) is 20.8. The summed E-state index contributed by atoms with van der Waals surface area (Å²) in [7, 11) is -3.81. The summed E-state index contributed by atoms with van der Waals surface area (Å²) in [6.45, 7) is 0. The standard InChI is InChI=1S/3C18H15S.C8H6I2O5S.C7H4INO4/c3*1-4-10-16(11-5-1)19(17-12-6-2-7-13-17)18-14-8-3-9-15-18;1-16(13,14)15-7-5(8(11)12)2-4(9)3-6(7)10;8-5-1-4(7(10)11)2-6(3-5)9(12)13/h3*1-15H;2-3H,1H3,(H,11,12);1-3H,(H,10,11)/q3*+1;;/p-2. The highest BCUT2D eigenvalue weighted by atomic mass is 127. The maximum Gasteiger partial charge on any atom is 0.306 e. The monoisotopic (exact) mass is 1550 g/mol. The van der Waals surface area contributed by atoms with Crippen molar-refractivity contribution in [1.29, 1.82) is 0 Å². The number of carboxylic acids is 2. The highest BCUT2D eigenvalue weighted by molar-refractivity contribution is 14.1. The lowest BCUT2D eigenvalue weighted by Gasteiger charge is -2.12. The van der Waals surface area contributed by atoms with Crippen LogP contribution in [0.2, 0.25) is 0 Å². The van der Waals surface area contributed by atoms with E-state index in [0.717, 1.165) is 12.3 Å². The van der Waals surface area contributed by atoms with E-state index in [-0.39, 0.29) is 55.2 Å². The number of nitrogens with zero attached hydrogens (tertiary/aromatic N) is 1. The number of aromatic carboxylic acids is 2. The first-order valence-electron chi connectivity index (χ1n) is 26.0. The van der Waals surface area contributed by atoms with Gasteiger partial charge in [-0.1, -0.05) is 164 Å². The van der Waals surface area contributed by atoms with Crippen LogP contribution in [0.5, 0.6) is 5.75 Å². The lowest BCUT2D eigenvalue weighted by molar-refractivity contribution is -0.385. The second kappa shape index (κ2) is 34.2. The van der Waals surface area contributed by atoms with Crippen LogP contribution in [0.4, 0.5) is 5.69 Å². The van der Waals surface area contributed by atoms with E-state index in [1.807, 2.05) is 22.6 Å². The molecular formula is C69H53I3NO9S4+. The molecule has 0 bridgehead atoms. The third kappa shape index (κ3) is 20.7. The maximum atomic E-state index is 11.0. The predicted octanol–water partition coefficient (Wildman–Crippen LogP) is 15.5. The van der Waals surface area contributed by atoms with E-state index in [1.54, 1.807) is 51.2 Å². The molecule has 0 saturated heterocycles. The van der Waals surface area contributed by atoms with E-state index >= 15 is 0 Å². The Hall–Kier alpha value is -7.25. The smallest absolute Gasteiger partial charge is 0.306 e. The summed E-state index contributed by atoms with van der Waals surface area (Å²) >= 11 is 5.52. The summed E-state index contributed by atoms with van der Waals surface area (Å²) in [6, 6.07) is 103. The van der Waals surface area contributed by atoms with Gasteiger partial charge in [0.15, 0.2) is 49.8 Å². The van der Waals surface area contributed by atoms with Crippen LogP contribution in [0.25, 0.3) is 0 Å². The SMILES string of the molecule is CS(=O)(=O)Oc1c(I)cc(I)cc1C(=O)[O-].O=C([O-])c1cc(I)cc([N+](=O)[O-])c1.c1ccc([S+](c2ccccc2)c2ccccc2)cc1.c1ccc([S+](c2ccccc2)c2ccccc2)cc1.c1ccc([S+](c2ccccc2)c2ccccc2)cc1. The van der Waals surface area contributed by atoms with Crippen LogP contribution in [0.15, 0.2) is 347 Å². The molecule has 11 aromatic rings. The average molecular weight is 1550 g/mol. The molecule has 0 atom stereocenters. The number of nitro benzene ring substituents is 1. The number of carboxylic acid groups (broad SMARTS) is 2. The molecule has 0 fully saturated rings. The fourth-order valence-corrected chi connectivity index (χ4v) is 17.5. The highest BCUT2D eigenvalue weighted by Gasteiger charge is 2.30. The van der Waals surface area contributed by atoms with Crippen molar-refractivity contribution in [3.8, 4) is 5.75 Å². The summed E-state index contributed by atoms with van der Waals surface area (Å²) in [5, 5.41) is 31.5. The molecular weight excluding hydrogens is 1500 g/mol. The first-order chi connectivity index (χ1) is 41.6. The van der Waals surface area contributed by atoms with Gasteiger partial charge in [-0.15, -0.1) is 0 Å². The van der Waals surface area contributed by atoms with Gasteiger partial charge in [-0.05, 0) is 195 Å². The molecule has 0 N–H and O–H groups in total. The number of benzene rings is 11. The Balaban J connectivity index is 0.000000155. The number of hydrogen-bond donors (Lipinski definition) is 0. The van der Waals surface area contributed by atoms with Crippen LogP contribution in [-0.2, 0) is 42.8 Å². The predicted molar refractivity (Wildman–Crippen MR) is 366 cm³/mol. The normalized spacial score (nSPS) is 10.5. The minimum Gasteiger partial charge on any atom is -0.545 e. The summed E-state index contributed by atoms with van der Waals surface area (Å²) in [4.78, 5) is 43.1. The van der Waals surface area contributed by atoms with Crippen LogP contribution in [-0.4, -0.2) is 31.5 Å². The topological polar surface area (TPSA) is 167 Å². The van der Waals surface area contributed by atoms with Crippen molar-refractivity contribution in [3.63, 3.8) is 0 Å². The lowest BCUT2D eigenvalue weighted by Crippen LogP contribution is -2.24. The van der Waals surface area contributed by atoms with Gasteiger partial charge in [0.2, 0.25) is 0 Å². The number of carbonyl (C=O) groups excluding carboxylic acids is 2. The quantitative estimate of drug-likeness (QED) is 0.0338. The van der Waals surface area contributed by atoms with E-state index in [9.17, 15) is 38.3 Å². The number of halogens is 3. The first kappa shape index (κ1) is 66.3. The van der Waals surface area contributed by atoms with Gasteiger partial charge in [-0.2, -0.15) is 8.42 Å². The fraction of sp³-hybridized carbons (Fsp3) is 0.0145. The average Bonchev–Trinajstić information content (AvgIpc) is 3.29. The van der Waals surface area contributed by atoms with Crippen molar-refractivity contribution in [2.45, 2.75) is 44.1 Å². The third-order valence-electron chi connectivity index (χ3n) is 11.6. The van der Waals surface area contributed by atoms with Gasteiger partial charge in [-0.25, -0.2) is 0 Å². The molecule has 0 aliphatic rings. The summed E-state index contributed by atoms with van der Waals surface area (Å²) < 4.78 is 28.1. The molecule has 0 unspecified atom stereocenters. The van der Waals surface area contributed by atoms with E-state index in [4.69, 9.17) is 0 Å². The molecule has 0 amide bonds.